The highest BCUT2D eigenvalue weighted by atomic mass is 28.2. The minimum atomic E-state index is -0.376. The molecule has 0 saturated heterocycles. The molecule has 0 bridgehead atoms. The third kappa shape index (κ3) is 15.1. The molecule has 302 valence electrons. The van der Waals surface area contributed by atoms with Gasteiger partial charge in [0.05, 0.1) is 76.8 Å². The van der Waals surface area contributed by atoms with Crippen molar-refractivity contribution >= 4 is 54.6 Å². The van der Waals surface area contributed by atoms with Gasteiger partial charge in [0.25, 0.3) is 0 Å². The van der Waals surface area contributed by atoms with E-state index in [4.69, 9.17) is 32.8 Å². The Labute approximate surface area is 337 Å². The quantitative estimate of drug-likeness (QED) is 0.0614. The number of unbranched alkanes of at least 4 members (excludes halogenated alkanes) is 9. The Morgan fingerprint density at radius 2 is 0.704 bits per heavy atom. The Kier molecular flexibility index (Phi) is 22.8. The first-order valence-corrected chi connectivity index (χ1v) is 26.6. The van der Waals surface area contributed by atoms with Gasteiger partial charge in [-0.25, -0.2) is 0 Å². The average Bonchev–Trinajstić information content (AvgIpc) is 3.21. The fourth-order valence-corrected chi connectivity index (χ4v) is 14.1. The van der Waals surface area contributed by atoms with E-state index < -0.39 is 0 Å². The molecule has 0 unspecified atom stereocenters. The summed E-state index contributed by atoms with van der Waals surface area (Å²) in [4.78, 5) is 0. The van der Waals surface area contributed by atoms with Gasteiger partial charge in [0.1, 0.15) is 10.5 Å². The lowest BCUT2D eigenvalue weighted by Gasteiger charge is -2.34. The van der Waals surface area contributed by atoms with Crippen molar-refractivity contribution in [1.82, 2.24) is 0 Å². The molecule has 0 aromatic heterocycles. The topological polar surface area (TPSA) is 64.6 Å². The van der Waals surface area contributed by atoms with E-state index in [1.807, 2.05) is 18.2 Å². The SMILES string of the molecule is COc1cccc([SiH2]CCCCCCC(CCCCCC[SiH2]c2cccc(OC)c2OC)(CCCCCC[SiH2]c2cccc(OC)c2OC)O[SiH3])c1OC. The summed E-state index contributed by atoms with van der Waals surface area (Å²) in [7, 11) is 10.1. The van der Waals surface area contributed by atoms with Crippen LogP contribution in [-0.2, 0) is 4.43 Å². The van der Waals surface area contributed by atoms with E-state index in [2.05, 4.69) is 36.4 Å². The maximum atomic E-state index is 6.62. The van der Waals surface area contributed by atoms with E-state index in [9.17, 15) is 0 Å². The smallest absolute Gasteiger partial charge is 0.160 e. The predicted octanol–water partition coefficient (Wildman–Crippen LogP) is 5.66. The lowest BCUT2D eigenvalue weighted by atomic mass is 9.85. The molecule has 0 N–H and O–H groups in total. The van der Waals surface area contributed by atoms with Crippen LogP contribution in [0.1, 0.15) is 96.3 Å². The van der Waals surface area contributed by atoms with E-state index in [0.717, 1.165) is 45.0 Å². The van der Waals surface area contributed by atoms with Crippen molar-refractivity contribution in [2.24, 2.45) is 0 Å². The lowest BCUT2D eigenvalue weighted by Crippen LogP contribution is -2.32. The molecule has 0 aliphatic rings. The lowest BCUT2D eigenvalue weighted by molar-refractivity contribution is 0.0424. The van der Waals surface area contributed by atoms with Crippen LogP contribution in [-0.4, -0.2) is 87.3 Å². The minimum absolute atomic E-state index is 0.0698. The third-order valence-corrected chi connectivity index (χ3v) is 17.8. The molecule has 7 nitrogen and oxygen atoms in total. The first kappa shape index (κ1) is 45.7. The Morgan fingerprint density at radius 1 is 0.407 bits per heavy atom. The molecule has 3 aromatic rings. The number of benzene rings is 3. The molecule has 11 heteroatoms. The second-order valence-electron chi connectivity index (χ2n) is 14.6. The molecule has 54 heavy (non-hydrogen) atoms. The molecule has 0 spiro atoms. The third-order valence-electron chi connectivity index (χ3n) is 11.1. The fourth-order valence-electron chi connectivity index (χ4n) is 8.01. The summed E-state index contributed by atoms with van der Waals surface area (Å²) in [5.74, 6) is 5.40. The van der Waals surface area contributed by atoms with Gasteiger partial charge in [0, 0.05) is 0 Å². The number of hydrogen-bond acceptors (Lipinski definition) is 7. The normalized spacial score (nSPS) is 13.0. The molecule has 0 heterocycles. The second kappa shape index (κ2) is 27.0. The Hall–Kier alpha value is -2.71. The number of hydrogen-bond donors (Lipinski definition) is 0. The van der Waals surface area contributed by atoms with Gasteiger partial charge in [-0.3, -0.25) is 0 Å². The molecular formula is C43H72O7Si4. The predicted molar refractivity (Wildman–Crippen MR) is 241 cm³/mol. The Bertz CT molecular complexity index is 1290. The zero-order chi connectivity index (χ0) is 38.9. The summed E-state index contributed by atoms with van der Waals surface area (Å²) in [5.41, 5.74) is 0.0698. The Morgan fingerprint density at radius 3 is 0.963 bits per heavy atom. The van der Waals surface area contributed by atoms with E-state index in [-0.39, 0.29) is 34.2 Å². The van der Waals surface area contributed by atoms with Crippen LogP contribution in [0.5, 0.6) is 34.5 Å². The monoisotopic (exact) mass is 812 g/mol. The highest BCUT2D eigenvalue weighted by molar-refractivity contribution is 6.55. The van der Waals surface area contributed by atoms with Crippen LogP contribution in [0.4, 0.5) is 0 Å². The van der Waals surface area contributed by atoms with E-state index in [0.29, 0.717) is 0 Å². The molecule has 0 radical (unpaired) electrons. The summed E-state index contributed by atoms with van der Waals surface area (Å²) >= 11 is 0. The standard InChI is InChI=1S/C43H72O7Si4/c1-44-34-22-19-25-37(40(34)47-4)52-31-16-10-7-13-28-43(50-51,29-14-8-11-17-32-53-38-26-20-23-35(45-2)41(38)48-5)30-15-9-12-18-33-54-39-27-21-24-36(46-3)42(39)49-6/h19-27H,7-18,28-33,52-54H2,1-6,51H3. The van der Waals surface area contributed by atoms with Gasteiger partial charge in [-0.15, -0.1) is 0 Å². The van der Waals surface area contributed by atoms with Gasteiger partial charge >= 0.3 is 0 Å². The van der Waals surface area contributed by atoms with Gasteiger partial charge in [0.15, 0.2) is 34.5 Å². The van der Waals surface area contributed by atoms with Crippen LogP contribution in [0.3, 0.4) is 0 Å². The molecule has 3 rings (SSSR count). The van der Waals surface area contributed by atoms with Crippen molar-refractivity contribution in [1.29, 1.82) is 0 Å². The van der Waals surface area contributed by atoms with Crippen LogP contribution >= 0.6 is 0 Å². The van der Waals surface area contributed by atoms with E-state index in [1.165, 1.54) is 130 Å². The highest BCUT2D eigenvalue weighted by Crippen LogP contribution is 2.33. The maximum absolute atomic E-state index is 6.62. The van der Waals surface area contributed by atoms with E-state index >= 15 is 0 Å². The maximum Gasteiger partial charge on any atom is 0.160 e. The minimum Gasteiger partial charge on any atom is -0.493 e. The molecule has 0 atom stereocenters. The summed E-state index contributed by atoms with van der Waals surface area (Å²) in [6, 6.07) is 22.9. The van der Waals surface area contributed by atoms with Crippen LogP contribution in [0, 0.1) is 0 Å². The molecule has 0 amide bonds. The fraction of sp³-hybridized carbons (Fsp3) is 0.581. The average molecular weight is 813 g/mol. The molecule has 0 aliphatic carbocycles. The summed E-state index contributed by atoms with van der Waals surface area (Å²) in [5, 5.41) is 4.14. The van der Waals surface area contributed by atoms with Gasteiger partial charge in [0.2, 0.25) is 0 Å². The molecule has 0 saturated carbocycles. The molecular weight excluding hydrogens is 741 g/mol. The van der Waals surface area contributed by atoms with Crippen molar-refractivity contribution in [3.8, 4) is 34.5 Å². The van der Waals surface area contributed by atoms with Gasteiger partial charge in [-0.05, 0) is 53.0 Å². The van der Waals surface area contributed by atoms with Gasteiger partial charge in [-0.2, -0.15) is 0 Å². The van der Waals surface area contributed by atoms with Crippen molar-refractivity contribution < 1.29 is 32.8 Å². The van der Waals surface area contributed by atoms with Crippen LogP contribution in [0.15, 0.2) is 54.6 Å². The number of methoxy groups -OCH3 is 6. The molecule has 0 fully saturated rings. The van der Waals surface area contributed by atoms with Crippen LogP contribution in [0.25, 0.3) is 0 Å². The summed E-state index contributed by atoms with van der Waals surface area (Å²) in [6.45, 7) is 0. The zero-order valence-electron chi connectivity index (χ0n) is 34.9. The van der Waals surface area contributed by atoms with Crippen LogP contribution in [0.2, 0.25) is 18.1 Å². The Balaban J connectivity index is 1.43. The van der Waals surface area contributed by atoms with Crippen molar-refractivity contribution in [3.63, 3.8) is 0 Å². The zero-order valence-corrected chi connectivity index (χ0v) is 41.1. The van der Waals surface area contributed by atoms with Gasteiger partial charge < -0.3 is 32.8 Å². The number of para-hydroxylation sites is 3. The molecule has 0 aliphatic heterocycles. The summed E-state index contributed by atoms with van der Waals surface area (Å²) < 4.78 is 40.2. The van der Waals surface area contributed by atoms with Crippen molar-refractivity contribution in [3.05, 3.63) is 54.6 Å². The van der Waals surface area contributed by atoms with Crippen LogP contribution < -0.4 is 44.0 Å². The molecule has 3 aromatic carbocycles. The number of rotatable bonds is 31. The first-order chi connectivity index (χ1) is 26.5. The van der Waals surface area contributed by atoms with Gasteiger partial charge in [-0.1, -0.05) is 132 Å². The second-order valence-corrected chi connectivity index (χ2v) is 21.0. The summed E-state index contributed by atoms with van der Waals surface area (Å²) in [6.07, 6.45) is 19.2. The largest absolute Gasteiger partial charge is 0.493 e. The van der Waals surface area contributed by atoms with Crippen molar-refractivity contribution in [2.45, 2.75) is 120 Å². The number of ether oxygens (including phenoxy) is 6. The van der Waals surface area contributed by atoms with E-state index in [1.54, 1.807) is 42.7 Å². The van der Waals surface area contributed by atoms with Crippen molar-refractivity contribution in [2.75, 3.05) is 42.7 Å². The highest BCUT2D eigenvalue weighted by Gasteiger charge is 2.27. The first-order valence-electron chi connectivity index (χ1n) is 20.6.